The lowest BCUT2D eigenvalue weighted by Crippen LogP contribution is -2.43. The van der Waals surface area contributed by atoms with Gasteiger partial charge in [-0.2, -0.15) is 0 Å². The molecule has 0 aliphatic heterocycles. The lowest BCUT2D eigenvalue weighted by Gasteiger charge is -2.26. The number of rotatable bonds is 8. The second-order valence-corrected chi connectivity index (χ2v) is 7.04. The highest BCUT2D eigenvalue weighted by Gasteiger charge is 2.57. The van der Waals surface area contributed by atoms with Crippen molar-refractivity contribution in [3.8, 4) is 5.75 Å². The second kappa shape index (κ2) is 8.09. The van der Waals surface area contributed by atoms with Crippen LogP contribution in [0.5, 0.6) is 5.75 Å². The average Bonchev–Trinajstić information content (AvgIpc) is 3.39. The largest absolute Gasteiger partial charge is 0.495 e. The molecule has 0 aromatic heterocycles. The van der Waals surface area contributed by atoms with Crippen molar-refractivity contribution in [2.45, 2.75) is 46.5 Å². The fourth-order valence-corrected chi connectivity index (χ4v) is 3.15. The molecule has 0 radical (unpaired) electrons. The number of nitrogens with zero attached hydrogens (tertiary/aromatic N) is 1. The van der Waals surface area contributed by atoms with Gasteiger partial charge in [0.2, 0.25) is 11.8 Å². The highest BCUT2D eigenvalue weighted by Crippen LogP contribution is 2.48. The van der Waals surface area contributed by atoms with Crippen LogP contribution in [0.3, 0.4) is 0 Å². The van der Waals surface area contributed by atoms with E-state index in [-0.39, 0.29) is 11.8 Å². The van der Waals surface area contributed by atoms with Crippen LogP contribution in [0.2, 0.25) is 5.02 Å². The Balaban J connectivity index is 2.20. The molecule has 0 spiro atoms. The first-order valence-electron chi connectivity index (χ1n) is 8.84. The molecule has 0 heterocycles. The molecule has 138 valence electrons. The van der Waals surface area contributed by atoms with E-state index in [0.29, 0.717) is 42.4 Å². The fourth-order valence-electron chi connectivity index (χ4n) is 2.99. The Hall–Kier alpha value is -1.75. The molecule has 2 amide bonds. The van der Waals surface area contributed by atoms with Crippen molar-refractivity contribution in [2.24, 2.45) is 5.41 Å². The number of hydrogen-bond donors (Lipinski definition) is 1. The van der Waals surface area contributed by atoms with Crippen molar-refractivity contribution in [1.82, 2.24) is 4.90 Å². The van der Waals surface area contributed by atoms with Crippen LogP contribution in [0, 0.1) is 12.3 Å². The van der Waals surface area contributed by atoms with Gasteiger partial charge in [0.1, 0.15) is 11.2 Å². The number of benzene rings is 1. The van der Waals surface area contributed by atoms with E-state index in [9.17, 15) is 9.59 Å². The van der Waals surface area contributed by atoms with Crippen molar-refractivity contribution >= 4 is 29.1 Å². The predicted octanol–water partition coefficient (Wildman–Crippen LogP) is 4.02. The molecule has 1 fully saturated rings. The van der Waals surface area contributed by atoms with Crippen LogP contribution in [0.25, 0.3) is 0 Å². The minimum Gasteiger partial charge on any atom is -0.495 e. The van der Waals surface area contributed by atoms with Gasteiger partial charge < -0.3 is 15.0 Å². The molecule has 25 heavy (non-hydrogen) atoms. The van der Waals surface area contributed by atoms with Crippen molar-refractivity contribution in [1.29, 1.82) is 0 Å². The van der Waals surface area contributed by atoms with Crippen LogP contribution >= 0.6 is 11.6 Å². The van der Waals surface area contributed by atoms with Crippen molar-refractivity contribution in [3.63, 3.8) is 0 Å². The van der Waals surface area contributed by atoms with Gasteiger partial charge in [-0.15, -0.1) is 0 Å². The molecule has 1 aromatic rings. The highest BCUT2D eigenvalue weighted by molar-refractivity contribution is 6.31. The molecule has 0 bridgehead atoms. The fraction of sp³-hybridized carbons (Fsp3) is 0.579. The highest BCUT2D eigenvalue weighted by atomic mass is 35.5. The predicted molar refractivity (Wildman–Crippen MR) is 100 cm³/mol. The van der Waals surface area contributed by atoms with Crippen LogP contribution < -0.4 is 10.1 Å². The smallest absolute Gasteiger partial charge is 0.240 e. The minimum absolute atomic E-state index is 0.0571. The molecule has 0 unspecified atom stereocenters. The minimum atomic E-state index is -0.928. The third-order valence-corrected chi connectivity index (χ3v) is 5.00. The molecule has 5 nitrogen and oxygen atoms in total. The summed E-state index contributed by atoms with van der Waals surface area (Å²) in [6.07, 6.45) is 2.95. The number of ether oxygens (including phenoxy) is 1. The molecule has 1 aliphatic carbocycles. The first kappa shape index (κ1) is 19.6. The van der Waals surface area contributed by atoms with Gasteiger partial charge in [-0.05, 0) is 44.2 Å². The number of carbonyl (C=O) groups is 2. The molecule has 2 rings (SSSR count). The zero-order valence-electron chi connectivity index (χ0n) is 15.4. The molecule has 0 atom stereocenters. The second-order valence-electron chi connectivity index (χ2n) is 6.63. The molecular formula is C19H27ClN2O3. The molecule has 1 aromatic carbocycles. The van der Waals surface area contributed by atoms with E-state index in [1.165, 1.54) is 7.11 Å². The van der Waals surface area contributed by atoms with E-state index < -0.39 is 5.41 Å². The van der Waals surface area contributed by atoms with Gasteiger partial charge in [0.15, 0.2) is 0 Å². The number of amides is 2. The van der Waals surface area contributed by atoms with E-state index in [1.54, 1.807) is 12.1 Å². The van der Waals surface area contributed by atoms with Gasteiger partial charge in [0, 0.05) is 24.2 Å². The van der Waals surface area contributed by atoms with E-state index in [4.69, 9.17) is 16.3 Å². The van der Waals surface area contributed by atoms with Crippen LogP contribution in [0.1, 0.15) is 45.1 Å². The average molecular weight is 367 g/mol. The lowest BCUT2D eigenvalue weighted by atomic mass is 10.0. The van der Waals surface area contributed by atoms with Gasteiger partial charge in [-0.3, -0.25) is 9.59 Å². The SMILES string of the molecule is CCCN(CCC)C(=O)C1(C(=O)Nc2cc(C)c(Cl)cc2OC)CC1. The molecular weight excluding hydrogens is 340 g/mol. The van der Waals surface area contributed by atoms with E-state index >= 15 is 0 Å². The Morgan fingerprint density at radius 3 is 2.32 bits per heavy atom. The number of nitrogens with one attached hydrogen (secondary N) is 1. The van der Waals surface area contributed by atoms with Gasteiger partial charge in [0.05, 0.1) is 12.8 Å². The summed E-state index contributed by atoms with van der Waals surface area (Å²) in [5.74, 6) is 0.180. The van der Waals surface area contributed by atoms with Crippen LogP contribution in [0.15, 0.2) is 12.1 Å². The summed E-state index contributed by atoms with van der Waals surface area (Å²) in [5, 5.41) is 3.46. The first-order chi connectivity index (χ1) is 11.9. The molecule has 1 saturated carbocycles. The number of carbonyl (C=O) groups excluding carboxylic acids is 2. The Labute approximate surface area is 154 Å². The third kappa shape index (κ3) is 4.09. The topological polar surface area (TPSA) is 58.6 Å². The zero-order chi connectivity index (χ0) is 18.6. The number of hydrogen-bond acceptors (Lipinski definition) is 3. The summed E-state index contributed by atoms with van der Waals surface area (Å²) < 4.78 is 5.31. The first-order valence-corrected chi connectivity index (χ1v) is 9.22. The van der Waals surface area contributed by atoms with E-state index in [1.807, 2.05) is 25.7 Å². The number of aryl methyl sites for hydroxylation is 1. The maximum Gasteiger partial charge on any atom is 0.240 e. The van der Waals surface area contributed by atoms with Gasteiger partial charge in [-0.25, -0.2) is 0 Å². The van der Waals surface area contributed by atoms with E-state index in [0.717, 1.165) is 18.4 Å². The monoisotopic (exact) mass is 366 g/mol. The summed E-state index contributed by atoms with van der Waals surface area (Å²) in [4.78, 5) is 27.6. The van der Waals surface area contributed by atoms with Gasteiger partial charge in [0.25, 0.3) is 0 Å². The number of methoxy groups -OCH3 is 1. The zero-order valence-corrected chi connectivity index (χ0v) is 16.2. The Kier molecular flexibility index (Phi) is 6.33. The Morgan fingerprint density at radius 2 is 1.84 bits per heavy atom. The van der Waals surface area contributed by atoms with Crippen molar-refractivity contribution in [2.75, 3.05) is 25.5 Å². The van der Waals surface area contributed by atoms with Gasteiger partial charge >= 0.3 is 0 Å². The molecule has 1 N–H and O–H groups in total. The molecule has 6 heteroatoms. The lowest BCUT2D eigenvalue weighted by molar-refractivity contribution is -0.142. The molecule has 1 aliphatic rings. The third-order valence-electron chi connectivity index (χ3n) is 4.60. The van der Waals surface area contributed by atoms with Crippen LogP contribution in [0.4, 0.5) is 5.69 Å². The Bertz CT molecular complexity index is 650. The van der Waals surface area contributed by atoms with Crippen LogP contribution in [-0.2, 0) is 9.59 Å². The summed E-state index contributed by atoms with van der Waals surface area (Å²) >= 11 is 6.11. The maximum absolute atomic E-state index is 12.9. The van der Waals surface area contributed by atoms with Gasteiger partial charge in [-0.1, -0.05) is 25.4 Å². The summed E-state index contributed by atoms with van der Waals surface area (Å²) in [6.45, 7) is 7.31. The van der Waals surface area contributed by atoms with Crippen molar-refractivity contribution < 1.29 is 14.3 Å². The number of anilines is 1. The summed E-state index contributed by atoms with van der Waals surface area (Å²) in [5.41, 5.74) is 0.460. The quantitative estimate of drug-likeness (QED) is 0.707. The van der Waals surface area contributed by atoms with Crippen molar-refractivity contribution in [3.05, 3.63) is 22.7 Å². The maximum atomic E-state index is 12.9. The molecule has 0 saturated heterocycles. The number of halogens is 1. The van der Waals surface area contributed by atoms with Crippen LogP contribution in [-0.4, -0.2) is 36.9 Å². The van der Waals surface area contributed by atoms with E-state index in [2.05, 4.69) is 5.32 Å². The Morgan fingerprint density at radius 1 is 1.24 bits per heavy atom. The summed E-state index contributed by atoms with van der Waals surface area (Å²) in [7, 11) is 1.53. The summed E-state index contributed by atoms with van der Waals surface area (Å²) in [6, 6.07) is 3.45. The normalized spacial score (nSPS) is 14.8. The standard InChI is InChI=1S/C19H27ClN2O3/c1-5-9-22(10-6-2)18(24)19(7-8-19)17(23)21-15-11-13(3)14(20)12-16(15)25-4/h11-12H,5-10H2,1-4H3,(H,21,23).